The highest BCUT2D eigenvalue weighted by molar-refractivity contribution is 7.89. The van der Waals surface area contributed by atoms with Crippen molar-refractivity contribution in [2.24, 2.45) is 5.10 Å². The van der Waals surface area contributed by atoms with Gasteiger partial charge in [-0.15, -0.1) is 0 Å². The molecular weight excluding hydrogens is 571 g/mol. The van der Waals surface area contributed by atoms with Crippen molar-refractivity contribution in [2.45, 2.75) is 18.7 Å². The molecule has 2 aromatic heterocycles. The van der Waals surface area contributed by atoms with Crippen molar-refractivity contribution in [1.29, 1.82) is 0 Å². The number of aromatic nitrogens is 4. The van der Waals surface area contributed by atoms with E-state index in [1.165, 1.54) is 24.3 Å². The van der Waals surface area contributed by atoms with Crippen molar-refractivity contribution >= 4 is 33.2 Å². The number of aliphatic hydroxyl groups is 1. The molecule has 0 atom stereocenters. The van der Waals surface area contributed by atoms with E-state index in [9.17, 15) is 12.8 Å². The lowest BCUT2D eigenvalue weighted by molar-refractivity contribution is 0.301. The van der Waals surface area contributed by atoms with Gasteiger partial charge in [0.2, 0.25) is 16.0 Å². The van der Waals surface area contributed by atoms with E-state index in [0.717, 1.165) is 11.1 Å². The topological polar surface area (TPSA) is 146 Å². The van der Waals surface area contributed by atoms with Gasteiger partial charge in [0.05, 0.1) is 22.8 Å². The zero-order chi connectivity index (χ0) is 30.4. The highest BCUT2D eigenvalue weighted by Crippen LogP contribution is 2.34. The van der Waals surface area contributed by atoms with Crippen molar-refractivity contribution in [2.75, 3.05) is 23.9 Å². The summed E-state index contributed by atoms with van der Waals surface area (Å²) >= 11 is 0. The summed E-state index contributed by atoms with van der Waals surface area (Å²) < 4.78 is 42.7. The molecule has 13 heteroatoms. The largest absolute Gasteiger partial charge is 0.395 e. The fourth-order valence-electron chi connectivity index (χ4n) is 4.21. The van der Waals surface area contributed by atoms with Gasteiger partial charge in [-0.1, -0.05) is 48.5 Å². The minimum atomic E-state index is -3.74. The van der Waals surface area contributed by atoms with E-state index in [4.69, 9.17) is 15.1 Å². The number of hydrogen-bond donors (Lipinski definition) is 4. The molecule has 0 radical (unpaired) electrons. The van der Waals surface area contributed by atoms with E-state index in [1.54, 1.807) is 48.3 Å². The Morgan fingerprint density at radius 3 is 2.49 bits per heavy atom. The number of aliphatic hydroxyl groups excluding tert-OH is 1. The van der Waals surface area contributed by atoms with Crippen molar-refractivity contribution in [3.63, 3.8) is 0 Å². The quantitative estimate of drug-likeness (QED) is 0.127. The molecule has 5 aromatic rings. The van der Waals surface area contributed by atoms with Crippen LogP contribution in [0.5, 0.6) is 0 Å². The minimum absolute atomic E-state index is 0.0693. The lowest BCUT2D eigenvalue weighted by Gasteiger charge is -2.17. The molecule has 0 aliphatic carbocycles. The number of sulfonamides is 1. The van der Waals surface area contributed by atoms with E-state index < -0.39 is 15.8 Å². The van der Waals surface area contributed by atoms with Crippen LogP contribution in [0.1, 0.15) is 18.1 Å². The number of rotatable bonds is 11. The number of hydrogen-bond acceptors (Lipinski definition) is 9. The predicted octanol–water partition coefficient (Wildman–Crippen LogP) is 4.63. The highest BCUT2D eigenvalue weighted by atomic mass is 32.2. The number of nitrogens with zero attached hydrogens (tertiary/aromatic N) is 5. The molecule has 2 heterocycles. The molecule has 11 nitrogen and oxygen atoms in total. The normalized spacial score (nSPS) is 11.9. The fraction of sp³-hybridized carbons (Fsp3) is 0.133. The third-order valence-corrected chi connectivity index (χ3v) is 7.91. The Morgan fingerprint density at radius 1 is 1.02 bits per heavy atom. The van der Waals surface area contributed by atoms with E-state index in [0.29, 0.717) is 34.2 Å². The van der Waals surface area contributed by atoms with Crippen molar-refractivity contribution < 1.29 is 17.9 Å². The number of aryl methyl sites for hydroxylation is 1. The third-order valence-electron chi connectivity index (χ3n) is 6.44. The maximum atomic E-state index is 14.1. The van der Waals surface area contributed by atoms with Crippen molar-refractivity contribution in [3.05, 3.63) is 108 Å². The summed E-state index contributed by atoms with van der Waals surface area (Å²) in [6, 6.07) is 21.9. The van der Waals surface area contributed by atoms with Crippen LogP contribution in [0.3, 0.4) is 0 Å². The second-order valence-electron chi connectivity index (χ2n) is 9.45. The lowest BCUT2D eigenvalue weighted by Crippen LogP contribution is -2.26. The molecule has 0 aliphatic rings. The third kappa shape index (κ3) is 6.92. The van der Waals surface area contributed by atoms with Crippen LogP contribution in [0.2, 0.25) is 0 Å². The van der Waals surface area contributed by atoms with Crippen molar-refractivity contribution in [1.82, 2.24) is 24.5 Å². The summed E-state index contributed by atoms with van der Waals surface area (Å²) in [5.74, 6) is 0.611. The molecule has 4 N–H and O–H groups in total. The van der Waals surface area contributed by atoms with Crippen LogP contribution >= 0.6 is 0 Å². The van der Waals surface area contributed by atoms with E-state index in [1.807, 2.05) is 37.3 Å². The van der Waals surface area contributed by atoms with Crippen molar-refractivity contribution in [3.8, 4) is 16.9 Å². The second kappa shape index (κ2) is 12.9. The van der Waals surface area contributed by atoms with Gasteiger partial charge in [0, 0.05) is 24.6 Å². The Kier molecular flexibility index (Phi) is 8.85. The Hall–Kier alpha value is -4.98. The fourth-order valence-corrected chi connectivity index (χ4v) is 5.23. The Labute approximate surface area is 248 Å². The molecule has 0 bridgehead atoms. The van der Waals surface area contributed by atoms with Gasteiger partial charge in [-0.2, -0.15) is 20.2 Å². The number of benzene rings is 3. The van der Waals surface area contributed by atoms with Crippen LogP contribution in [0.4, 0.5) is 21.8 Å². The monoisotopic (exact) mass is 600 g/mol. The number of halogens is 1. The molecule has 0 unspecified atom stereocenters. The summed E-state index contributed by atoms with van der Waals surface area (Å²) in [7, 11) is -3.74. The highest BCUT2D eigenvalue weighted by Gasteiger charge is 2.19. The Balaban J connectivity index is 1.56. The zero-order valence-corrected chi connectivity index (χ0v) is 24.2. The summed E-state index contributed by atoms with van der Waals surface area (Å²) in [5, 5.41) is 21.0. The molecule has 5 rings (SSSR count). The maximum absolute atomic E-state index is 14.1. The predicted molar refractivity (Wildman–Crippen MR) is 164 cm³/mol. The van der Waals surface area contributed by atoms with Crippen LogP contribution in [0.25, 0.3) is 16.9 Å². The van der Waals surface area contributed by atoms with Gasteiger partial charge in [-0.25, -0.2) is 22.2 Å². The molecule has 0 spiro atoms. The van der Waals surface area contributed by atoms with Crippen LogP contribution in [0.15, 0.2) is 101 Å². The van der Waals surface area contributed by atoms with Gasteiger partial charge in [0.25, 0.3) is 0 Å². The molecule has 0 saturated carbocycles. The lowest BCUT2D eigenvalue weighted by atomic mass is 10.1. The molecule has 43 heavy (non-hydrogen) atoms. The smallest absolute Gasteiger partial charge is 0.240 e. The van der Waals surface area contributed by atoms with Gasteiger partial charge < -0.3 is 10.4 Å². The van der Waals surface area contributed by atoms with Crippen LogP contribution < -0.4 is 15.5 Å². The maximum Gasteiger partial charge on any atom is 0.240 e. The summed E-state index contributed by atoms with van der Waals surface area (Å²) in [6.07, 6.45) is 3.40. The minimum Gasteiger partial charge on any atom is -0.395 e. The van der Waals surface area contributed by atoms with Crippen LogP contribution in [0, 0.1) is 12.7 Å². The van der Waals surface area contributed by atoms with Gasteiger partial charge in [-0.3, -0.25) is 5.43 Å². The molecule has 0 aliphatic heterocycles. The number of anilines is 3. The van der Waals surface area contributed by atoms with E-state index in [-0.39, 0.29) is 24.0 Å². The summed E-state index contributed by atoms with van der Waals surface area (Å²) in [5.41, 5.74) is 7.03. The average molecular weight is 601 g/mol. The molecule has 0 amide bonds. The molecule has 3 aromatic carbocycles. The van der Waals surface area contributed by atoms with Gasteiger partial charge in [0.15, 0.2) is 11.6 Å². The van der Waals surface area contributed by atoms with Crippen LogP contribution in [-0.2, 0) is 10.0 Å². The first kappa shape index (κ1) is 29.5. The molecule has 220 valence electrons. The summed E-state index contributed by atoms with van der Waals surface area (Å²) in [4.78, 5) is 9.53. The van der Waals surface area contributed by atoms with E-state index >= 15 is 0 Å². The standard InChI is InChI=1S/C30H29FN8O3S/c1-20-9-12-24(31)19-26(20)34-30-35-28(27(23-7-4-3-5-8-23)29(36-30)39-17-6-15-32-39)38-37-21(2)22-10-13-25(14-11-22)43(41,42)33-16-18-40/h3-15,17,19,33,40H,16,18H2,1-2H3,(H2,34,35,36,38). The van der Waals surface area contributed by atoms with Crippen LogP contribution in [-0.4, -0.2) is 52.1 Å². The Morgan fingerprint density at radius 2 is 1.79 bits per heavy atom. The first-order valence-electron chi connectivity index (χ1n) is 13.3. The first-order chi connectivity index (χ1) is 20.7. The Bertz CT molecular complexity index is 1850. The van der Waals surface area contributed by atoms with E-state index in [2.05, 4.69) is 25.7 Å². The van der Waals surface area contributed by atoms with Gasteiger partial charge in [-0.05, 0) is 60.9 Å². The second-order valence-corrected chi connectivity index (χ2v) is 11.2. The summed E-state index contributed by atoms with van der Waals surface area (Å²) in [6.45, 7) is 3.24. The number of hydrazone groups is 1. The number of nitrogens with one attached hydrogen (secondary N) is 3. The molecule has 0 saturated heterocycles. The molecular formula is C30H29FN8O3S. The molecule has 0 fully saturated rings. The zero-order valence-electron chi connectivity index (χ0n) is 23.4. The van der Waals surface area contributed by atoms with Gasteiger partial charge in [0.1, 0.15) is 5.82 Å². The first-order valence-corrected chi connectivity index (χ1v) is 14.8. The average Bonchev–Trinajstić information content (AvgIpc) is 3.56. The van der Waals surface area contributed by atoms with Gasteiger partial charge >= 0.3 is 0 Å². The SMILES string of the molecule is CC(=NNc1nc(Nc2cc(F)ccc2C)nc(-n2cccn2)c1-c1ccccc1)c1ccc(S(=O)(=O)NCCO)cc1.